The average molecular weight is 611 g/mol. The Bertz CT molecular complexity index is 1480. The number of likely N-dealkylation sites (tertiary alicyclic amines) is 1. The van der Waals surface area contributed by atoms with Crippen LogP contribution in [-0.4, -0.2) is 83.0 Å². The lowest BCUT2D eigenvalue weighted by Gasteiger charge is -2.47. The number of fused-ring (bicyclic) bond motifs is 5. The van der Waals surface area contributed by atoms with E-state index < -0.39 is 6.10 Å². The summed E-state index contributed by atoms with van der Waals surface area (Å²) < 4.78 is 0. The number of piperazine rings is 1. The minimum atomic E-state index is -0.546. The van der Waals surface area contributed by atoms with E-state index >= 15 is 0 Å². The monoisotopic (exact) mass is 610 g/mol. The van der Waals surface area contributed by atoms with E-state index in [-0.39, 0.29) is 29.2 Å². The van der Waals surface area contributed by atoms with E-state index in [1.165, 1.54) is 27.8 Å². The number of hydrogen-bond donors (Lipinski definition) is 1. The fourth-order valence-electron chi connectivity index (χ4n) is 9.88. The molecule has 2 saturated heterocycles. The number of pyridine rings is 1. The van der Waals surface area contributed by atoms with Gasteiger partial charge in [0.1, 0.15) is 5.82 Å². The van der Waals surface area contributed by atoms with Crippen LogP contribution in [0.1, 0.15) is 87.0 Å². The van der Waals surface area contributed by atoms with Crippen LogP contribution in [0.4, 0.5) is 5.82 Å². The highest BCUT2D eigenvalue weighted by Crippen LogP contribution is 2.60. The number of anilines is 1. The van der Waals surface area contributed by atoms with Crippen molar-refractivity contribution in [2.45, 2.75) is 90.2 Å². The van der Waals surface area contributed by atoms with E-state index in [4.69, 9.17) is 0 Å². The number of amides is 1. The van der Waals surface area contributed by atoms with Gasteiger partial charge in [-0.15, -0.1) is 0 Å². The molecule has 3 fully saturated rings. The molecular weight excluding hydrogens is 560 g/mol. The van der Waals surface area contributed by atoms with Crippen LogP contribution in [-0.2, 0) is 16.0 Å². The second-order valence-corrected chi connectivity index (χ2v) is 15.0. The Morgan fingerprint density at radius 1 is 1.13 bits per heavy atom. The summed E-state index contributed by atoms with van der Waals surface area (Å²) >= 11 is 0. The quantitative estimate of drug-likeness (QED) is 0.498. The molecule has 1 aromatic heterocycles. The van der Waals surface area contributed by atoms with Crippen molar-refractivity contribution < 1.29 is 14.7 Å². The van der Waals surface area contributed by atoms with Crippen molar-refractivity contribution in [1.82, 2.24) is 14.8 Å². The Kier molecular flexibility index (Phi) is 8.14. The Morgan fingerprint density at radius 3 is 2.69 bits per heavy atom. The fourth-order valence-corrected chi connectivity index (χ4v) is 9.88. The lowest BCUT2D eigenvalue weighted by Crippen LogP contribution is -2.58. The fraction of sp³-hybridized carbons (Fsp3) is 0.605. The Labute approximate surface area is 268 Å². The summed E-state index contributed by atoms with van der Waals surface area (Å²) in [6.07, 6.45) is 8.84. The van der Waals surface area contributed by atoms with Crippen LogP contribution >= 0.6 is 0 Å². The third kappa shape index (κ3) is 5.44. The molecule has 0 unspecified atom stereocenters. The molecule has 1 saturated carbocycles. The minimum Gasteiger partial charge on any atom is -0.391 e. The number of aliphatic hydroxyl groups excluding tert-OH is 1. The predicted molar refractivity (Wildman–Crippen MR) is 177 cm³/mol. The summed E-state index contributed by atoms with van der Waals surface area (Å²) in [7, 11) is 0. The van der Waals surface area contributed by atoms with Gasteiger partial charge in [-0.1, -0.05) is 44.5 Å². The van der Waals surface area contributed by atoms with Gasteiger partial charge in [-0.25, -0.2) is 4.98 Å². The molecule has 7 atom stereocenters. The van der Waals surface area contributed by atoms with Crippen molar-refractivity contribution in [1.29, 1.82) is 0 Å². The molecule has 1 amide bonds. The first kappa shape index (κ1) is 30.6. The van der Waals surface area contributed by atoms with Crippen LogP contribution in [0, 0.1) is 24.2 Å². The van der Waals surface area contributed by atoms with Gasteiger partial charge >= 0.3 is 0 Å². The van der Waals surface area contributed by atoms with E-state index in [1.807, 2.05) is 35.4 Å². The van der Waals surface area contributed by atoms with Gasteiger partial charge in [0.15, 0.2) is 5.78 Å². The first-order valence-corrected chi connectivity index (χ1v) is 17.4. The van der Waals surface area contributed by atoms with E-state index in [0.29, 0.717) is 37.1 Å². The zero-order chi connectivity index (χ0) is 31.5. The first-order chi connectivity index (χ1) is 21.6. The highest BCUT2D eigenvalue weighted by Gasteiger charge is 2.51. The zero-order valence-corrected chi connectivity index (χ0v) is 27.5. The number of ketones is 1. The van der Waals surface area contributed by atoms with Crippen LogP contribution in [0.2, 0.25) is 0 Å². The summed E-state index contributed by atoms with van der Waals surface area (Å²) in [6.45, 7) is 13.5. The SMILES string of the molecule is Cc1c([C@H](C)[C@H]2[C@H](O)C[C@H](C)CN2C(=O)CN2CCN(c3ccccn3)CC2)ccc2c1C[C@H]1[C@H]2CCC2=CC(=O)CC[C@@]21C. The van der Waals surface area contributed by atoms with E-state index in [2.05, 4.69) is 54.6 Å². The van der Waals surface area contributed by atoms with Crippen LogP contribution in [0.15, 0.2) is 48.2 Å². The molecule has 2 aromatic rings. The number of carbonyl (C=O) groups excluding carboxylic acids is 2. The van der Waals surface area contributed by atoms with Crippen molar-refractivity contribution in [3.05, 3.63) is 70.4 Å². The Balaban J connectivity index is 1.09. The molecule has 45 heavy (non-hydrogen) atoms. The highest BCUT2D eigenvalue weighted by molar-refractivity contribution is 5.91. The third-order valence-electron chi connectivity index (χ3n) is 12.4. The summed E-state index contributed by atoms with van der Waals surface area (Å²) in [6, 6.07) is 10.4. The number of hydrogen-bond acceptors (Lipinski definition) is 6. The number of aliphatic hydroxyl groups is 1. The second-order valence-electron chi connectivity index (χ2n) is 15.0. The van der Waals surface area contributed by atoms with Gasteiger partial charge in [0.2, 0.25) is 5.91 Å². The molecular formula is C38H50N4O3. The third-order valence-corrected chi connectivity index (χ3v) is 12.4. The van der Waals surface area contributed by atoms with Gasteiger partial charge in [0, 0.05) is 51.3 Å². The maximum Gasteiger partial charge on any atom is 0.237 e. The van der Waals surface area contributed by atoms with Crippen LogP contribution in [0.25, 0.3) is 0 Å². The van der Waals surface area contributed by atoms with E-state index in [0.717, 1.165) is 64.1 Å². The lowest BCUT2D eigenvalue weighted by atomic mass is 9.57. The van der Waals surface area contributed by atoms with Crippen LogP contribution in [0.5, 0.6) is 0 Å². The van der Waals surface area contributed by atoms with Crippen molar-refractivity contribution in [3.8, 4) is 0 Å². The Hall–Kier alpha value is -3.03. The van der Waals surface area contributed by atoms with Gasteiger partial charge < -0.3 is 14.9 Å². The normalized spacial score (nSPS) is 32.4. The van der Waals surface area contributed by atoms with Gasteiger partial charge in [-0.3, -0.25) is 14.5 Å². The van der Waals surface area contributed by atoms with Crippen LogP contribution in [0.3, 0.4) is 0 Å². The maximum atomic E-state index is 14.0. The number of rotatable bonds is 5. The first-order valence-electron chi connectivity index (χ1n) is 17.4. The highest BCUT2D eigenvalue weighted by atomic mass is 16.3. The molecule has 0 bridgehead atoms. The number of allylic oxidation sites excluding steroid dienone is 2. The molecule has 5 aliphatic rings. The molecule has 240 valence electrons. The number of carbonyl (C=O) groups is 2. The van der Waals surface area contributed by atoms with Gasteiger partial charge in [-0.2, -0.15) is 0 Å². The van der Waals surface area contributed by atoms with Gasteiger partial charge in [0.25, 0.3) is 0 Å². The molecule has 7 nitrogen and oxygen atoms in total. The van der Waals surface area contributed by atoms with Gasteiger partial charge in [-0.05, 0) is 103 Å². The van der Waals surface area contributed by atoms with Crippen molar-refractivity contribution in [2.24, 2.45) is 17.3 Å². The van der Waals surface area contributed by atoms with Crippen molar-refractivity contribution >= 4 is 17.5 Å². The van der Waals surface area contributed by atoms with E-state index in [1.54, 1.807) is 0 Å². The maximum absolute atomic E-state index is 14.0. The number of benzene rings is 1. The molecule has 0 radical (unpaired) electrons. The molecule has 1 N–H and O–H groups in total. The van der Waals surface area contributed by atoms with Gasteiger partial charge in [0.05, 0.1) is 18.7 Å². The molecule has 1 aromatic carbocycles. The summed E-state index contributed by atoms with van der Waals surface area (Å²) in [4.78, 5) is 37.3. The smallest absolute Gasteiger partial charge is 0.237 e. The molecule has 7 rings (SSSR count). The number of piperidine rings is 1. The average Bonchev–Trinajstić information content (AvgIpc) is 3.43. The topological polar surface area (TPSA) is 77.0 Å². The molecule has 2 aliphatic heterocycles. The minimum absolute atomic E-state index is 0.0312. The van der Waals surface area contributed by atoms with E-state index in [9.17, 15) is 14.7 Å². The zero-order valence-electron chi connectivity index (χ0n) is 27.5. The number of aromatic nitrogens is 1. The number of nitrogens with zero attached hydrogens (tertiary/aromatic N) is 4. The Morgan fingerprint density at radius 2 is 1.93 bits per heavy atom. The molecule has 0 spiro atoms. The summed E-state index contributed by atoms with van der Waals surface area (Å²) in [5.41, 5.74) is 7.09. The summed E-state index contributed by atoms with van der Waals surface area (Å²) in [5, 5.41) is 11.5. The second kappa shape index (κ2) is 12.0. The van der Waals surface area contributed by atoms with Crippen LogP contribution < -0.4 is 4.90 Å². The van der Waals surface area contributed by atoms with Crippen molar-refractivity contribution in [3.63, 3.8) is 0 Å². The molecule has 3 aliphatic carbocycles. The lowest BCUT2D eigenvalue weighted by molar-refractivity contribution is -0.143. The molecule has 3 heterocycles. The standard InChI is InChI=1S/C38H50N4O3/c1-24-19-34(44)37(42(22-24)36(45)23-40-15-17-41(18-16-40)35-7-5-6-14-39-35)26(3)29-10-11-30-31-9-8-27-20-28(43)12-13-38(27,4)33(31)21-32(30)25(29)2/h5-7,10-11,14,20,24,26,31,33-34,37,44H,8-9,12-13,15-19,21-23H2,1-4H3/t24-,26-,31-,33-,34+,37-,38-/m0/s1. The summed E-state index contributed by atoms with van der Waals surface area (Å²) in [5.74, 6) is 2.82. The largest absolute Gasteiger partial charge is 0.391 e. The van der Waals surface area contributed by atoms with Crippen molar-refractivity contribution in [2.75, 3.05) is 44.2 Å². The predicted octanol–water partition coefficient (Wildman–Crippen LogP) is 5.26. The molecule has 7 heteroatoms.